The number of carbonyl (C=O) groups is 1. The number of hydrogen-bond donors (Lipinski definition) is 2. The number of aliphatic hydroxyl groups is 1. The van der Waals surface area contributed by atoms with E-state index in [-0.39, 0.29) is 11.9 Å². The summed E-state index contributed by atoms with van der Waals surface area (Å²) >= 11 is 0. The van der Waals surface area contributed by atoms with E-state index >= 15 is 0 Å². The summed E-state index contributed by atoms with van der Waals surface area (Å²) in [5.41, 5.74) is 1.65. The predicted octanol–water partition coefficient (Wildman–Crippen LogP) is 3.38. The third kappa shape index (κ3) is 3.99. The molecule has 1 fully saturated rings. The Balaban J connectivity index is 1.71. The molecule has 0 spiro atoms. The lowest BCUT2D eigenvalue weighted by molar-refractivity contribution is 0.0532. The average molecular weight is 339 g/mol. The Morgan fingerprint density at radius 2 is 1.96 bits per heavy atom. The van der Waals surface area contributed by atoms with Crippen LogP contribution in [0, 0.1) is 6.92 Å². The number of pyridine rings is 1. The first-order valence-corrected chi connectivity index (χ1v) is 8.68. The standard InChI is InChI=1S/C20H25N3O2/c1-14-6-9-16(10-7-14)22-19(24)15-8-11-18(21-13-15)23-12-4-5-17(23)20(2,3)25/h6-11,13,17,25H,4-5,12H2,1-3H3,(H,22,24). The smallest absolute Gasteiger partial charge is 0.257 e. The number of benzene rings is 1. The summed E-state index contributed by atoms with van der Waals surface area (Å²) in [4.78, 5) is 18.9. The largest absolute Gasteiger partial charge is 0.388 e. The van der Waals surface area contributed by atoms with Gasteiger partial charge in [0.15, 0.2) is 0 Å². The molecule has 2 heterocycles. The van der Waals surface area contributed by atoms with E-state index in [1.165, 1.54) is 0 Å². The molecule has 1 aromatic heterocycles. The van der Waals surface area contributed by atoms with Gasteiger partial charge in [-0.2, -0.15) is 0 Å². The van der Waals surface area contributed by atoms with Gasteiger partial charge in [-0.3, -0.25) is 4.79 Å². The highest BCUT2D eigenvalue weighted by Gasteiger charge is 2.36. The predicted molar refractivity (Wildman–Crippen MR) is 100 cm³/mol. The Morgan fingerprint density at radius 1 is 1.24 bits per heavy atom. The van der Waals surface area contributed by atoms with Gasteiger partial charge >= 0.3 is 0 Å². The van der Waals surface area contributed by atoms with Gasteiger partial charge in [-0.25, -0.2) is 4.98 Å². The van der Waals surface area contributed by atoms with Crippen molar-refractivity contribution in [2.75, 3.05) is 16.8 Å². The maximum absolute atomic E-state index is 12.4. The van der Waals surface area contributed by atoms with Crippen LogP contribution in [0.15, 0.2) is 42.6 Å². The number of carbonyl (C=O) groups excluding carboxylic acids is 1. The van der Waals surface area contributed by atoms with Crippen LogP contribution in [0.25, 0.3) is 0 Å². The van der Waals surface area contributed by atoms with Gasteiger partial charge < -0.3 is 15.3 Å². The van der Waals surface area contributed by atoms with Gasteiger partial charge in [-0.05, 0) is 57.9 Å². The third-order valence-electron chi connectivity index (χ3n) is 4.68. The van der Waals surface area contributed by atoms with Crippen molar-refractivity contribution in [1.82, 2.24) is 4.98 Å². The molecule has 5 heteroatoms. The summed E-state index contributed by atoms with van der Waals surface area (Å²) in [5.74, 6) is 0.625. The molecule has 1 aliphatic rings. The maximum atomic E-state index is 12.4. The molecule has 5 nitrogen and oxygen atoms in total. The van der Waals surface area contributed by atoms with Crippen LogP contribution >= 0.6 is 0 Å². The molecule has 0 aliphatic carbocycles. The molecule has 2 N–H and O–H groups in total. The average Bonchev–Trinajstić information content (AvgIpc) is 3.07. The van der Waals surface area contributed by atoms with Crippen molar-refractivity contribution in [3.63, 3.8) is 0 Å². The molecule has 1 atom stereocenters. The van der Waals surface area contributed by atoms with Gasteiger partial charge in [0.2, 0.25) is 0 Å². The Kier molecular flexibility index (Phi) is 4.77. The van der Waals surface area contributed by atoms with Crippen molar-refractivity contribution in [3.8, 4) is 0 Å². The minimum atomic E-state index is -0.778. The summed E-state index contributed by atoms with van der Waals surface area (Å²) in [6.07, 6.45) is 3.57. The number of nitrogens with zero attached hydrogens (tertiary/aromatic N) is 2. The van der Waals surface area contributed by atoms with Crippen LogP contribution in [-0.4, -0.2) is 34.2 Å². The molecule has 2 aromatic rings. The Hall–Kier alpha value is -2.40. The summed E-state index contributed by atoms with van der Waals surface area (Å²) < 4.78 is 0. The van der Waals surface area contributed by atoms with Crippen molar-refractivity contribution in [1.29, 1.82) is 0 Å². The van der Waals surface area contributed by atoms with Crippen LogP contribution in [-0.2, 0) is 0 Å². The van der Waals surface area contributed by atoms with E-state index in [0.717, 1.165) is 36.5 Å². The van der Waals surface area contributed by atoms with Crippen molar-refractivity contribution in [2.24, 2.45) is 0 Å². The van der Waals surface area contributed by atoms with E-state index in [2.05, 4.69) is 15.2 Å². The summed E-state index contributed by atoms with van der Waals surface area (Å²) in [6, 6.07) is 11.4. The summed E-state index contributed by atoms with van der Waals surface area (Å²) in [6.45, 7) is 6.54. The second-order valence-electron chi connectivity index (χ2n) is 7.23. The first-order valence-electron chi connectivity index (χ1n) is 8.68. The second-order valence-corrected chi connectivity index (χ2v) is 7.23. The number of rotatable bonds is 4. The fourth-order valence-electron chi connectivity index (χ4n) is 3.31. The fraction of sp³-hybridized carbons (Fsp3) is 0.400. The van der Waals surface area contributed by atoms with Gasteiger partial charge in [0.25, 0.3) is 5.91 Å². The lowest BCUT2D eigenvalue weighted by atomic mass is 9.97. The molecular formula is C20H25N3O2. The zero-order chi connectivity index (χ0) is 18.0. The van der Waals surface area contributed by atoms with Gasteiger partial charge in [-0.1, -0.05) is 17.7 Å². The van der Waals surface area contributed by atoms with Crippen molar-refractivity contribution in [3.05, 3.63) is 53.7 Å². The molecular weight excluding hydrogens is 314 g/mol. The van der Waals surface area contributed by atoms with E-state index in [1.54, 1.807) is 12.3 Å². The van der Waals surface area contributed by atoms with E-state index in [0.29, 0.717) is 5.56 Å². The zero-order valence-electron chi connectivity index (χ0n) is 15.0. The molecule has 1 aliphatic heterocycles. The van der Waals surface area contributed by atoms with Crippen molar-refractivity contribution >= 4 is 17.4 Å². The zero-order valence-corrected chi connectivity index (χ0v) is 15.0. The molecule has 1 amide bonds. The fourth-order valence-corrected chi connectivity index (χ4v) is 3.31. The Labute approximate surface area is 148 Å². The monoisotopic (exact) mass is 339 g/mol. The highest BCUT2D eigenvalue weighted by atomic mass is 16.3. The molecule has 0 radical (unpaired) electrons. The minimum absolute atomic E-state index is 0.0484. The molecule has 25 heavy (non-hydrogen) atoms. The van der Waals surface area contributed by atoms with Crippen LogP contribution in [0.2, 0.25) is 0 Å². The number of aromatic nitrogens is 1. The van der Waals surface area contributed by atoms with Crippen LogP contribution in [0.1, 0.15) is 42.6 Å². The van der Waals surface area contributed by atoms with Gasteiger partial charge in [0.05, 0.1) is 17.2 Å². The molecule has 0 bridgehead atoms. The quantitative estimate of drug-likeness (QED) is 0.896. The van der Waals surface area contributed by atoms with Crippen LogP contribution in [0.4, 0.5) is 11.5 Å². The van der Waals surface area contributed by atoms with E-state index in [1.807, 2.05) is 51.1 Å². The van der Waals surface area contributed by atoms with Crippen LogP contribution in [0.5, 0.6) is 0 Å². The van der Waals surface area contributed by atoms with E-state index < -0.39 is 5.60 Å². The number of aryl methyl sites for hydroxylation is 1. The lowest BCUT2D eigenvalue weighted by Crippen LogP contribution is -2.46. The van der Waals surface area contributed by atoms with Gasteiger partial charge in [0, 0.05) is 18.4 Å². The molecule has 132 valence electrons. The Morgan fingerprint density at radius 3 is 2.56 bits per heavy atom. The van der Waals surface area contributed by atoms with Crippen molar-refractivity contribution < 1.29 is 9.90 Å². The molecule has 3 rings (SSSR count). The van der Waals surface area contributed by atoms with Gasteiger partial charge in [-0.15, -0.1) is 0 Å². The van der Waals surface area contributed by atoms with E-state index in [9.17, 15) is 9.90 Å². The molecule has 1 saturated heterocycles. The van der Waals surface area contributed by atoms with Crippen LogP contribution < -0.4 is 10.2 Å². The van der Waals surface area contributed by atoms with E-state index in [4.69, 9.17) is 0 Å². The number of hydrogen-bond acceptors (Lipinski definition) is 4. The topological polar surface area (TPSA) is 65.5 Å². The third-order valence-corrected chi connectivity index (χ3v) is 4.68. The normalized spacial score (nSPS) is 17.6. The highest BCUT2D eigenvalue weighted by Crippen LogP contribution is 2.30. The molecule has 1 unspecified atom stereocenters. The number of nitrogens with one attached hydrogen (secondary N) is 1. The van der Waals surface area contributed by atoms with Gasteiger partial charge in [0.1, 0.15) is 5.82 Å². The van der Waals surface area contributed by atoms with Crippen molar-refractivity contribution in [2.45, 2.75) is 45.3 Å². The highest BCUT2D eigenvalue weighted by molar-refractivity contribution is 6.04. The SMILES string of the molecule is Cc1ccc(NC(=O)c2ccc(N3CCCC3C(C)(C)O)nc2)cc1. The summed E-state index contributed by atoms with van der Waals surface area (Å²) in [5, 5.41) is 13.2. The second kappa shape index (κ2) is 6.84. The maximum Gasteiger partial charge on any atom is 0.257 e. The first kappa shape index (κ1) is 17.4. The Bertz CT molecular complexity index is 733. The molecule has 1 aromatic carbocycles. The molecule has 0 saturated carbocycles. The lowest BCUT2D eigenvalue weighted by Gasteiger charge is -2.34. The first-order chi connectivity index (χ1) is 11.8. The summed E-state index contributed by atoms with van der Waals surface area (Å²) in [7, 11) is 0. The van der Waals surface area contributed by atoms with Crippen LogP contribution in [0.3, 0.4) is 0 Å². The minimum Gasteiger partial charge on any atom is -0.388 e. The number of anilines is 2. The number of amides is 1.